The molecule has 1 amide bonds. The number of carboxylic acids is 1. The van der Waals surface area contributed by atoms with Crippen LogP contribution in [0, 0.1) is 35.0 Å². The summed E-state index contributed by atoms with van der Waals surface area (Å²) in [6, 6.07) is -0.242. The van der Waals surface area contributed by atoms with E-state index in [-0.39, 0.29) is 29.7 Å². The van der Waals surface area contributed by atoms with Gasteiger partial charge in [-0.1, -0.05) is 20.8 Å². The van der Waals surface area contributed by atoms with Crippen LogP contribution in [0.4, 0.5) is 0 Å². The Morgan fingerprint density at radius 2 is 1.76 bits per heavy atom. The fourth-order valence-electron chi connectivity index (χ4n) is 5.10. The first-order chi connectivity index (χ1) is 9.76. The highest BCUT2D eigenvalue weighted by Crippen LogP contribution is 2.69. The molecule has 4 heteroatoms. The number of rotatable bonds is 5. The molecule has 4 nitrogen and oxygen atoms in total. The van der Waals surface area contributed by atoms with Crippen LogP contribution >= 0.6 is 0 Å². The maximum absolute atomic E-state index is 12.5. The first-order valence-electron chi connectivity index (χ1n) is 8.28. The predicted molar refractivity (Wildman–Crippen MR) is 79.6 cm³/mol. The van der Waals surface area contributed by atoms with Gasteiger partial charge in [0.2, 0.25) is 5.91 Å². The van der Waals surface area contributed by atoms with Crippen molar-refractivity contribution in [1.29, 1.82) is 0 Å². The van der Waals surface area contributed by atoms with Gasteiger partial charge in [-0.3, -0.25) is 9.59 Å². The Labute approximate surface area is 126 Å². The lowest BCUT2D eigenvalue weighted by atomic mass is 9.87. The average molecular weight is 293 g/mol. The first-order valence-corrected chi connectivity index (χ1v) is 8.28. The molecular formula is C17H27NO3. The van der Waals surface area contributed by atoms with E-state index in [2.05, 4.69) is 26.1 Å². The Hall–Kier alpha value is -1.06. The molecular weight excluding hydrogens is 266 g/mol. The summed E-state index contributed by atoms with van der Waals surface area (Å²) in [5, 5.41) is 12.1. The van der Waals surface area contributed by atoms with Gasteiger partial charge in [0.1, 0.15) is 0 Å². The third-order valence-corrected chi connectivity index (χ3v) is 5.66. The van der Waals surface area contributed by atoms with Gasteiger partial charge < -0.3 is 10.4 Å². The molecule has 118 valence electrons. The Balaban J connectivity index is 1.58. The summed E-state index contributed by atoms with van der Waals surface area (Å²) in [5.74, 6) is 2.26. The van der Waals surface area contributed by atoms with Crippen molar-refractivity contribution in [2.75, 3.05) is 0 Å². The molecule has 3 saturated carbocycles. The SMILES string of the molecule is CC(C)(C)CC(CC(=O)O)NC(=O)C1C2C3CCC(C3)C12. The van der Waals surface area contributed by atoms with Gasteiger partial charge >= 0.3 is 5.97 Å². The minimum absolute atomic E-state index is 0.0197. The lowest BCUT2D eigenvalue weighted by Gasteiger charge is -2.26. The number of nitrogens with one attached hydrogen (secondary N) is 1. The molecule has 0 aromatic rings. The fourth-order valence-corrected chi connectivity index (χ4v) is 5.10. The summed E-state index contributed by atoms with van der Waals surface area (Å²) in [6.07, 6.45) is 4.67. The molecule has 0 aromatic heterocycles. The zero-order valence-electron chi connectivity index (χ0n) is 13.3. The van der Waals surface area contributed by atoms with Crippen molar-refractivity contribution < 1.29 is 14.7 Å². The second kappa shape index (κ2) is 4.99. The van der Waals surface area contributed by atoms with Crippen molar-refractivity contribution in [1.82, 2.24) is 5.32 Å². The van der Waals surface area contributed by atoms with Crippen LogP contribution in [-0.4, -0.2) is 23.0 Å². The lowest BCUT2D eigenvalue weighted by molar-refractivity contribution is -0.138. The zero-order chi connectivity index (χ0) is 15.4. The van der Waals surface area contributed by atoms with Crippen molar-refractivity contribution in [2.24, 2.45) is 35.0 Å². The van der Waals surface area contributed by atoms with E-state index in [0.717, 1.165) is 11.8 Å². The molecule has 0 radical (unpaired) electrons. The minimum Gasteiger partial charge on any atom is -0.481 e. The second-order valence-corrected chi connectivity index (χ2v) is 8.58. The Bertz CT molecular complexity index is 437. The zero-order valence-corrected chi connectivity index (χ0v) is 13.3. The molecule has 0 aromatic carbocycles. The van der Waals surface area contributed by atoms with Crippen molar-refractivity contribution >= 4 is 11.9 Å². The van der Waals surface area contributed by atoms with Crippen LogP contribution in [0.5, 0.6) is 0 Å². The summed E-state index contributed by atoms with van der Waals surface area (Å²) < 4.78 is 0. The smallest absolute Gasteiger partial charge is 0.305 e. The van der Waals surface area contributed by atoms with Crippen molar-refractivity contribution in [3.05, 3.63) is 0 Å². The lowest BCUT2D eigenvalue weighted by Crippen LogP contribution is -2.40. The van der Waals surface area contributed by atoms with Crippen molar-refractivity contribution in [3.8, 4) is 0 Å². The summed E-state index contributed by atoms with van der Waals surface area (Å²) in [5.41, 5.74) is 0.0197. The van der Waals surface area contributed by atoms with E-state index < -0.39 is 5.97 Å². The van der Waals surface area contributed by atoms with Crippen LogP contribution in [0.1, 0.15) is 52.9 Å². The molecule has 3 rings (SSSR count). The van der Waals surface area contributed by atoms with E-state index in [1.165, 1.54) is 19.3 Å². The highest BCUT2D eigenvalue weighted by atomic mass is 16.4. The van der Waals surface area contributed by atoms with Gasteiger partial charge in [0.15, 0.2) is 0 Å². The van der Waals surface area contributed by atoms with E-state index in [0.29, 0.717) is 18.3 Å². The average Bonchev–Trinajstić information content (AvgIpc) is 2.76. The molecule has 0 spiro atoms. The van der Waals surface area contributed by atoms with Gasteiger partial charge in [0.05, 0.1) is 6.42 Å². The summed E-state index contributed by atoms with van der Waals surface area (Å²) in [7, 11) is 0. The minimum atomic E-state index is -0.833. The van der Waals surface area contributed by atoms with Crippen LogP contribution in [0.15, 0.2) is 0 Å². The summed E-state index contributed by atoms with van der Waals surface area (Å²) >= 11 is 0. The number of hydrogen-bond donors (Lipinski definition) is 2. The number of fused-ring (bicyclic) bond motifs is 5. The number of carbonyl (C=O) groups is 2. The topological polar surface area (TPSA) is 66.4 Å². The van der Waals surface area contributed by atoms with E-state index >= 15 is 0 Å². The molecule has 21 heavy (non-hydrogen) atoms. The molecule has 3 fully saturated rings. The molecule has 0 saturated heterocycles. The standard InChI is InChI=1S/C17H27NO3/c1-17(2,3)8-11(7-12(19)20)18-16(21)15-13-9-4-5-10(6-9)14(13)15/h9-11,13-15H,4-8H2,1-3H3,(H,18,21)(H,19,20). The molecule has 0 aliphatic heterocycles. The number of aliphatic carboxylic acids is 1. The number of carboxylic acid groups (broad SMARTS) is 1. The third kappa shape index (κ3) is 2.95. The van der Waals surface area contributed by atoms with Crippen LogP contribution < -0.4 is 5.32 Å². The van der Waals surface area contributed by atoms with Crippen LogP contribution in [0.2, 0.25) is 0 Å². The van der Waals surface area contributed by atoms with Crippen LogP contribution in [0.25, 0.3) is 0 Å². The Kier molecular flexibility index (Phi) is 3.53. The fraction of sp³-hybridized carbons (Fsp3) is 0.882. The predicted octanol–water partition coefficient (Wildman–Crippen LogP) is 2.67. The van der Waals surface area contributed by atoms with Crippen molar-refractivity contribution in [2.45, 2.75) is 58.9 Å². The van der Waals surface area contributed by atoms with Gasteiger partial charge in [-0.05, 0) is 54.8 Å². The molecule has 2 N–H and O–H groups in total. The quantitative estimate of drug-likeness (QED) is 0.819. The monoisotopic (exact) mass is 293 g/mol. The normalized spacial score (nSPS) is 38.0. The van der Waals surface area contributed by atoms with Gasteiger partial charge in [-0.2, -0.15) is 0 Å². The maximum atomic E-state index is 12.5. The van der Waals surface area contributed by atoms with Gasteiger partial charge in [0.25, 0.3) is 0 Å². The van der Waals surface area contributed by atoms with E-state index in [4.69, 9.17) is 5.11 Å². The highest BCUT2D eigenvalue weighted by Gasteiger charge is 2.67. The first kappa shape index (κ1) is 14.9. The van der Waals surface area contributed by atoms with Crippen LogP contribution in [0.3, 0.4) is 0 Å². The Morgan fingerprint density at radius 1 is 1.19 bits per heavy atom. The molecule has 5 atom stereocenters. The van der Waals surface area contributed by atoms with E-state index in [9.17, 15) is 9.59 Å². The van der Waals surface area contributed by atoms with E-state index in [1.54, 1.807) is 0 Å². The third-order valence-electron chi connectivity index (χ3n) is 5.66. The van der Waals surface area contributed by atoms with Gasteiger partial charge in [0, 0.05) is 12.0 Å². The van der Waals surface area contributed by atoms with Crippen LogP contribution in [-0.2, 0) is 9.59 Å². The molecule has 5 unspecified atom stereocenters. The summed E-state index contributed by atoms with van der Waals surface area (Å²) in [4.78, 5) is 23.5. The maximum Gasteiger partial charge on any atom is 0.305 e. The second-order valence-electron chi connectivity index (χ2n) is 8.58. The summed E-state index contributed by atoms with van der Waals surface area (Å²) in [6.45, 7) is 6.25. The molecule has 3 aliphatic rings. The van der Waals surface area contributed by atoms with Crippen molar-refractivity contribution in [3.63, 3.8) is 0 Å². The van der Waals surface area contributed by atoms with E-state index in [1.807, 2.05) is 0 Å². The number of amides is 1. The molecule has 0 heterocycles. The molecule has 3 aliphatic carbocycles. The van der Waals surface area contributed by atoms with Gasteiger partial charge in [-0.25, -0.2) is 0 Å². The number of hydrogen-bond acceptors (Lipinski definition) is 2. The Morgan fingerprint density at radius 3 is 2.24 bits per heavy atom. The number of carbonyl (C=O) groups excluding carboxylic acids is 1. The highest BCUT2D eigenvalue weighted by molar-refractivity contribution is 5.83. The van der Waals surface area contributed by atoms with Gasteiger partial charge in [-0.15, -0.1) is 0 Å². The molecule has 2 bridgehead atoms. The largest absolute Gasteiger partial charge is 0.481 e.